The molecule has 1 saturated carbocycles. The Hall–Kier alpha value is -0.940. The molecule has 1 aliphatic carbocycles. The van der Waals surface area contributed by atoms with Crippen LogP contribution in [-0.2, 0) is 14.9 Å². The lowest BCUT2D eigenvalue weighted by Gasteiger charge is -2.35. The van der Waals surface area contributed by atoms with E-state index in [1.54, 1.807) is 0 Å². The van der Waals surface area contributed by atoms with E-state index < -0.39 is 11.4 Å². The molecule has 0 aromatic carbocycles. The lowest BCUT2D eigenvalue weighted by Crippen LogP contribution is -2.53. The van der Waals surface area contributed by atoms with Crippen LogP contribution in [0.2, 0.25) is 0 Å². The molecule has 1 aromatic rings. The van der Waals surface area contributed by atoms with Gasteiger partial charge in [0.2, 0.25) is 0 Å². The molecule has 5 heteroatoms. The second-order valence-corrected chi connectivity index (χ2v) is 5.80. The second-order valence-electron chi connectivity index (χ2n) is 4.94. The summed E-state index contributed by atoms with van der Waals surface area (Å²) in [5.41, 5.74) is 0.233. The zero-order valence-corrected chi connectivity index (χ0v) is 10.3. The molecule has 1 saturated heterocycles. The van der Waals surface area contributed by atoms with Crippen molar-refractivity contribution in [3.05, 3.63) is 16.1 Å². The molecular weight excluding hydrogens is 238 g/mol. The summed E-state index contributed by atoms with van der Waals surface area (Å²) in [7, 11) is 0. The van der Waals surface area contributed by atoms with Gasteiger partial charge >= 0.3 is 5.97 Å². The van der Waals surface area contributed by atoms with Crippen LogP contribution < -0.4 is 0 Å². The molecule has 2 fully saturated rings. The third-order valence-electron chi connectivity index (χ3n) is 3.81. The van der Waals surface area contributed by atoms with E-state index in [0.717, 1.165) is 10.7 Å². The Kier molecular flexibility index (Phi) is 2.67. The van der Waals surface area contributed by atoms with Crippen molar-refractivity contribution in [2.45, 2.75) is 37.0 Å². The standard InChI is InChI=1S/C12H15NO3S/c14-11(15)12(6-16-7-12)10-13-9(5-17-10)8-3-1-2-4-8/h5,8H,1-4,6-7H2,(H,14,15). The van der Waals surface area contributed by atoms with Gasteiger partial charge in [-0.2, -0.15) is 0 Å². The Bertz CT molecular complexity index is 433. The maximum absolute atomic E-state index is 11.3. The minimum absolute atomic E-state index is 0.264. The fourth-order valence-electron chi connectivity index (χ4n) is 2.56. The molecule has 0 unspecified atom stereocenters. The van der Waals surface area contributed by atoms with Gasteiger partial charge in [0.15, 0.2) is 5.41 Å². The van der Waals surface area contributed by atoms with Gasteiger partial charge in [-0.25, -0.2) is 4.98 Å². The lowest BCUT2D eigenvalue weighted by atomic mass is 9.87. The number of carboxylic acid groups (broad SMARTS) is 1. The lowest BCUT2D eigenvalue weighted by molar-refractivity contribution is -0.163. The summed E-state index contributed by atoms with van der Waals surface area (Å²) >= 11 is 1.48. The first-order valence-electron chi connectivity index (χ1n) is 5.99. The van der Waals surface area contributed by atoms with Gasteiger partial charge in [-0.05, 0) is 12.8 Å². The van der Waals surface area contributed by atoms with Gasteiger partial charge in [-0.1, -0.05) is 12.8 Å². The maximum atomic E-state index is 11.3. The Labute approximate surface area is 104 Å². The molecule has 4 nitrogen and oxygen atoms in total. The number of hydrogen-bond donors (Lipinski definition) is 1. The highest BCUT2D eigenvalue weighted by molar-refractivity contribution is 7.10. The van der Waals surface area contributed by atoms with Gasteiger partial charge in [0.05, 0.1) is 18.9 Å². The average molecular weight is 253 g/mol. The molecule has 0 spiro atoms. The summed E-state index contributed by atoms with van der Waals surface area (Å²) < 4.78 is 5.07. The minimum atomic E-state index is -0.860. The fraction of sp³-hybridized carbons (Fsp3) is 0.667. The van der Waals surface area contributed by atoms with Crippen molar-refractivity contribution in [2.75, 3.05) is 13.2 Å². The van der Waals surface area contributed by atoms with Crippen molar-refractivity contribution in [2.24, 2.45) is 0 Å². The molecule has 3 rings (SSSR count). The summed E-state index contributed by atoms with van der Waals surface area (Å²) in [5, 5.41) is 12.1. The quantitative estimate of drug-likeness (QED) is 0.896. The third kappa shape index (κ3) is 1.68. The topological polar surface area (TPSA) is 59.4 Å². The van der Waals surface area contributed by atoms with Crippen molar-refractivity contribution < 1.29 is 14.6 Å². The van der Waals surface area contributed by atoms with E-state index >= 15 is 0 Å². The SMILES string of the molecule is O=C(O)C1(c2nc(C3CCCC3)cs2)COC1. The number of aromatic nitrogens is 1. The Morgan fingerprint density at radius 3 is 2.71 bits per heavy atom. The molecule has 1 aromatic heterocycles. The third-order valence-corrected chi connectivity index (χ3v) is 4.88. The first-order valence-corrected chi connectivity index (χ1v) is 6.87. The van der Waals surface area contributed by atoms with Gasteiger partial charge < -0.3 is 9.84 Å². The summed E-state index contributed by atoms with van der Waals surface area (Å²) in [5.74, 6) is -0.261. The number of carboxylic acids is 1. The van der Waals surface area contributed by atoms with Crippen molar-refractivity contribution >= 4 is 17.3 Å². The predicted molar refractivity (Wildman–Crippen MR) is 63.5 cm³/mol. The molecule has 1 N–H and O–H groups in total. The number of aliphatic carboxylic acids is 1. The number of carbonyl (C=O) groups is 1. The summed E-state index contributed by atoms with van der Waals surface area (Å²) in [4.78, 5) is 15.9. The van der Waals surface area contributed by atoms with E-state index in [0.29, 0.717) is 5.92 Å². The number of thiazole rings is 1. The Morgan fingerprint density at radius 1 is 1.47 bits per heavy atom. The smallest absolute Gasteiger partial charge is 0.321 e. The molecule has 92 valence electrons. The molecule has 0 radical (unpaired) electrons. The normalized spacial score (nSPS) is 23.5. The van der Waals surface area contributed by atoms with Crippen LogP contribution in [0.3, 0.4) is 0 Å². The zero-order valence-electron chi connectivity index (χ0n) is 9.52. The molecule has 1 aliphatic heterocycles. The zero-order chi connectivity index (χ0) is 11.9. The summed E-state index contributed by atoms with van der Waals surface area (Å²) in [6.07, 6.45) is 4.93. The minimum Gasteiger partial charge on any atom is -0.480 e. The van der Waals surface area contributed by atoms with Crippen molar-refractivity contribution in [1.29, 1.82) is 0 Å². The maximum Gasteiger partial charge on any atom is 0.321 e. The number of nitrogens with zero attached hydrogens (tertiary/aromatic N) is 1. The van der Waals surface area contributed by atoms with Gasteiger partial charge in [0.1, 0.15) is 5.01 Å². The monoisotopic (exact) mass is 253 g/mol. The summed E-state index contributed by atoms with van der Waals surface area (Å²) in [6, 6.07) is 0. The van der Waals surface area contributed by atoms with Crippen LogP contribution in [0, 0.1) is 0 Å². The van der Waals surface area contributed by atoms with E-state index in [9.17, 15) is 9.90 Å². The van der Waals surface area contributed by atoms with Crippen LogP contribution in [0.1, 0.15) is 42.3 Å². The number of hydrogen-bond acceptors (Lipinski definition) is 4. The van der Waals surface area contributed by atoms with E-state index in [1.165, 1.54) is 37.0 Å². The van der Waals surface area contributed by atoms with Crippen LogP contribution in [0.4, 0.5) is 0 Å². The summed E-state index contributed by atoms with van der Waals surface area (Å²) in [6.45, 7) is 0.528. The average Bonchev–Trinajstić information content (AvgIpc) is 2.83. The highest BCUT2D eigenvalue weighted by Gasteiger charge is 2.50. The highest BCUT2D eigenvalue weighted by Crippen LogP contribution is 2.39. The van der Waals surface area contributed by atoms with Crippen molar-refractivity contribution in [1.82, 2.24) is 4.98 Å². The van der Waals surface area contributed by atoms with E-state index in [-0.39, 0.29) is 13.2 Å². The van der Waals surface area contributed by atoms with Crippen LogP contribution in [0.5, 0.6) is 0 Å². The molecule has 0 amide bonds. The van der Waals surface area contributed by atoms with E-state index in [2.05, 4.69) is 4.98 Å². The van der Waals surface area contributed by atoms with Crippen molar-refractivity contribution in [3.63, 3.8) is 0 Å². The fourth-order valence-corrected chi connectivity index (χ4v) is 3.63. The Morgan fingerprint density at radius 2 is 2.18 bits per heavy atom. The van der Waals surface area contributed by atoms with Gasteiger partial charge in [-0.15, -0.1) is 11.3 Å². The van der Waals surface area contributed by atoms with Crippen LogP contribution >= 0.6 is 11.3 Å². The first-order chi connectivity index (χ1) is 8.22. The largest absolute Gasteiger partial charge is 0.480 e. The van der Waals surface area contributed by atoms with E-state index in [4.69, 9.17) is 4.74 Å². The Balaban J connectivity index is 1.86. The van der Waals surface area contributed by atoms with Gasteiger partial charge in [0.25, 0.3) is 0 Å². The van der Waals surface area contributed by atoms with Gasteiger partial charge in [-0.3, -0.25) is 4.79 Å². The van der Waals surface area contributed by atoms with Crippen LogP contribution in [0.25, 0.3) is 0 Å². The molecular formula is C12H15NO3S. The predicted octanol–water partition coefficient (Wildman–Crippen LogP) is 2.15. The molecule has 2 heterocycles. The second kappa shape index (κ2) is 4.07. The van der Waals surface area contributed by atoms with Crippen molar-refractivity contribution in [3.8, 4) is 0 Å². The molecule has 17 heavy (non-hydrogen) atoms. The molecule has 0 bridgehead atoms. The number of ether oxygens (including phenoxy) is 1. The van der Waals surface area contributed by atoms with Crippen LogP contribution in [0.15, 0.2) is 5.38 Å². The number of rotatable bonds is 3. The van der Waals surface area contributed by atoms with Gasteiger partial charge in [0, 0.05) is 11.3 Å². The molecule has 0 atom stereocenters. The van der Waals surface area contributed by atoms with Crippen LogP contribution in [-0.4, -0.2) is 29.3 Å². The van der Waals surface area contributed by atoms with E-state index in [1.807, 2.05) is 5.38 Å². The highest BCUT2D eigenvalue weighted by atomic mass is 32.1. The molecule has 2 aliphatic rings. The first kappa shape index (κ1) is 11.2.